The molecule has 2 aromatic carbocycles. The fraction of sp³-hybridized carbons (Fsp3) is 0.483. The van der Waals surface area contributed by atoms with E-state index < -0.39 is 6.10 Å². The molecular formula is C29H39FN2OS. The Hall–Kier alpha value is -2.08. The summed E-state index contributed by atoms with van der Waals surface area (Å²) in [6, 6.07) is 13.1. The minimum absolute atomic E-state index is 0.141. The Kier molecular flexibility index (Phi) is 10.7. The van der Waals surface area contributed by atoms with Crippen LogP contribution in [0.4, 0.5) is 4.39 Å². The lowest BCUT2D eigenvalue weighted by Crippen LogP contribution is -2.34. The molecule has 0 radical (unpaired) electrons. The minimum Gasteiger partial charge on any atom is -0.381 e. The van der Waals surface area contributed by atoms with Crippen LogP contribution in [0.5, 0.6) is 0 Å². The van der Waals surface area contributed by atoms with E-state index in [-0.39, 0.29) is 5.82 Å². The number of aromatic nitrogens is 1. The summed E-state index contributed by atoms with van der Waals surface area (Å²) in [6.07, 6.45) is 8.43. The van der Waals surface area contributed by atoms with Gasteiger partial charge in [0.25, 0.3) is 0 Å². The number of aryl methyl sites for hydroxylation is 2. The van der Waals surface area contributed by atoms with E-state index in [9.17, 15) is 9.50 Å². The Bertz CT molecular complexity index is 966. The number of hydrogen-bond acceptors (Lipinski definition) is 4. The zero-order valence-electron chi connectivity index (χ0n) is 20.8. The highest BCUT2D eigenvalue weighted by molar-refractivity contribution is 7.09. The van der Waals surface area contributed by atoms with Crippen LogP contribution in [0.3, 0.4) is 0 Å². The highest BCUT2D eigenvalue weighted by Crippen LogP contribution is 2.25. The van der Waals surface area contributed by atoms with Crippen LogP contribution in [0.25, 0.3) is 0 Å². The number of hydrogen-bond donors (Lipinski definition) is 1. The summed E-state index contributed by atoms with van der Waals surface area (Å²) >= 11 is 1.49. The van der Waals surface area contributed by atoms with Gasteiger partial charge in [0.15, 0.2) is 0 Å². The van der Waals surface area contributed by atoms with Crippen LogP contribution in [-0.4, -0.2) is 34.6 Å². The number of likely N-dealkylation sites (tertiary alicyclic amines) is 1. The van der Waals surface area contributed by atoms with Crippen molar-refractivity contribution in [1.29, 1.82) is 0 Å². The monoisotopic (exact) mass is 482 g/mol. The summed E-state index contributed by atoms with van der Waals surface area (Å²) in [5.74, 6) is 0.801. The maximum atomic E-state index is 12.8. The number of aliphatic hydroxyl groups is 1. The van der Waals surface area contributed by atoms with Gasteiger partial charge in [0, 0.05) is 18.1 Å². The second-order valence-corrected chi connectivity index (χ2v) is 10.2. The molecule has 3 nitrogen and oxygen atoms in total. The van der Waals surface area contributed by atoms with Gasteiger partial charge in [0.05, 0.1) is 0 Å². The van der Waals surface area contributed by atoms with Crippen LogP contribution in [0.2, 0.25) is 0 Å². The van der Waals surface area contributed by atoms with Crippen LogP contribution < -0.4 is 0 Å². The molecule has 34 heavy (non-hydrogen) atoms. The summed E-state index contributed by atoms with van der Waals surface area (Å²) in [6.45, 7) is 10.2. The molecule has 0 amide bonds. The first-order chi connectivity index (χ1) is 16.5. The van der Waals surface area contributed by atoms with Gasteiger partial charge >= 0.3 is 0 Å². The lowest BCUT2D eigenvalue weighted by Gasteiger charge is -2.31. The average Bonchev–Trinajstić information content (AvgIpc) is 3.40. The molecular weight excluding hydrogens is 443 g/mol. The minimum atomic E-state index is -0.593. The van der Waals surface area contributed by atoms with Gasteiger partial charge in [-0.2, -0.15) is 0 Å². The quantitative estimate of drug-likeness (QED) is 0.376. The third-order valence-electron chi connectivity index (χ3n) is 6.80. The molecule has 0 bridgehead atoms. The molecule has 0 aliphatic carbocycles. The van der Waals surface area contributed by atoms with E-state index in [0.29, 0.717) is 0 Å². The lowest BCUT2D eigenvalue weighted by molar-refractivity contribution is 0.184. The molecule has 184 valence electrons. The number of nitrogens with zero attached hydrogens (tertiary/aromatic N) is 2. The second-order valence-electron chi connectivity index (χ2n) is 9.28. The highest BCUT2D eigenvalue weighted by atomic mass is 32.1. The van der Waals surface area contributed by atoms with E-state index in [1.165, 1.54) is 60.4 Å². The van der Waals surface area contributed by atoms with E-state index in [2.05, 4.69) is 42.8 Å². The van der Waals surface area contributed by atoms with Gasteiger partial charge in [-0.1, -0.05) is 57.0 Å². The van der Waals surface area contributed by atoms with Gasteiger partial charge < -0.3 is 10.0 Å². The first-order valence-electron chi connectivity index (χ1n) is 12.6. The number of halogens is 1. The maximum absolute atomic E-state index is 12.8. The average molecular weight is 483 g/mol. The summed E-state index contributed by atoms with van der Waals surface area (Å²) in [5.41, 5.74) is 4.78. The Morgan fingerprint density at radius 2 is 1.82 bits per heavy atom. The van der Waals surface area contributed by atoms with E-state index >= 15 is 0 Å². The summed E-state index contributed by atoms with van der Waals surface area (Å²) in [4.78, 5) is 6.69. The number of thiazole rings is 1. The highest BCUT2D eigenvalue weighted by Gasteiger charge is 2.17. The molecule has 4 rings (SSSR count). The second kappa shape index (κ2) is 13.7. The van der Waals surface area contributed by atoms with Gasteiger partial charge in [-0.05, 0) is 86.0 Å². The molecule has 1 fully saturated rings. The van der Waals surface area contributed by atoms with Gasteiger partial charge in [-0.25, -0.2) is 9.37 Å². The molecule has 3 aromatic rings. The van der Waals surface area contributed by atoms with E-state index in [0.717, 1.165) is 42.3 Å². The molecule has 1 unspecified atom stereocenters. The molecule has 1 aliphatic rings. The largest absolute Gasteiger partial charge is 0.381 e. The number of aliphatic hydroxyl groups excluding tert-OH is 1. The third kappa shape index (κ3) is 8.00. The van der Waals surface area contributed by atoms with Crippen molar-refractivity contribution < 1.29 is 9.50 Å². The van der Waals surface area contributed by atoms with Crippen molar-refractivity contribution in [2.24, 2.45) is 5.92 Å². The number of rotatable bonds is 8. The SMILES string of the molecule is CCC1CCN(CCc2ccc(F)cc2)CC1.CCCc1ccc(C(O)c2nccs2)cc1C. The van der Waals surface area contributed by atoms with Crippen LogP contribution >= 0.6 is 11.3 Å². The molecule has 1 N–H and O–H groups in total. The molecule has 1 atom stereocenters. The normalized spacial score (nSPS) is 15.6. The van der Waals surface area contributed by atoms with Crippen molar-refractivity contribution in [2.75, 3.05) is 19.6 Å². The molecule has 1 saturated heterocycles. The van der Waals surface area contributed by atoms with Gasteiger partial charge in [-0.15, -0.1) is 11.3 Å². The van der Waals surface area contributed by atoms with Crippen LogP contribution in [0.15, 0.2) is 54.0 Å². The van der Waals surface area contributed by atoms with Crippen LogP contribution in [-0.2, 0) is 12.8 Å². The van der Waals surface area contributed by atoms with E-state index in [1.54, 1.807) is 18.3 Å². The van der Waals surface area contributed by atoms with Crippen molar-refractivity contribution >= 4 is 11.3 Å². The summed E-state index contributed by atoms with van der Waals surface area (Å²) in [7, 11) is 0. The Balaban J connectivity index is 0.000000191. The molecule has 1 aliphatic heterocycles. The zero-order valence-corrected chi connectivity index (χ0v) is 21.7. The summed E-state index contributed by atoms with van der Waals surface area (Å²) in [5, 5.41) is 12.8. The summed E-state index contributed by atoms with van der Waals surface area (Å²) < 4.78 is 12.8. The van der Waals surface area contributed by atoms with Crippen LogP contribution in [0, 0.1) is 18.7 Å². The third-order valence-corrected chi connectivity index (χ3v) is 7.63. The fourth-order valence-electron chi connectivity index (χ4n) is 4.51. The smallest absolute Gasteiger partial charge is 0.131 e. The van der Waals surface area contributed by atoms with Gasteiger partial charge in [-0.3, -0.25) is 0 Å². The van der Waals surface area contributed by atoms with Gasteiger partial charge in [0.2, 0.25) is 0 Å². The Morgan fingerprint density at radius 3 is 2.41 bits per heavy atom. The van der Waals surface area contributed by atoms with E-state index in [4.69, 9.17) is 0 Å². The van der Waals surface area contributed by atoms with E-state index in [1.807, 2.05) is 23.6 Å². The van der Waals surface area contributed by atoms with Crippen molar-refractivity contribution in [1.82, 2.24) is 9.88 Å². The van der Waals surface area contributed by atoms with Gasteiger partial charge in [0.1, 0.15) is 16.9 Å². The Labute approximate surface area is 208 Å². The first-order valence-corrected chi connectivity index (χ1v) is 13.5. The first kappa shape index (κ1) is 26.5. The number of benzene rings is 2. The molecule has 0 saturated carbocycles. The predicted octanol–water partition coefficient (Wildman–Crippen LogP) is 6.98. The predicted molar refractivity (Wildman–Crippen MR) is 141 cm³/mol. The van der Waals surface area contributed by atoms with Crippen molar-refractivity contribution in [3.05, 3.63) is 87.1 Å². The molecule has 2 heterocycles. The molecule has 5 heteroatoms. The van der Waals surface area contributed by atoms with Crippen molar-refractivity contribution in [3.63, 3.8) is 0 Å². The number of piperidine rings is 1. The van der Waals surface area contributed by atoms with Crippen molar-refractivity contribution in [3.8, 4) is 0 Å². The topological polar surface area (TPSA) is 36.4 Å². The van der Waals surface area contributed by atoms with Crippen LogP contribution in [0.1, 0.15) is 72.9 Å². The Morgan fingerprint density at radius 1 is 1.09 bits per heavy atom. The zero-order chi connectivity index (χ0) is 24.3. The lowest BCUT2D eigenvalue weighted by atomic mass is 9.94. The molecule has 1 aromatic heterocycles. The van der Waals surface area contributed by atoms with Crippen molar-refractivity contribution in [2.45, 2.75) is 65.4 Å². The fourth-order valence-corrected chi connectivity index (χ4v) is 5.16. The molecule has 0 spiro atoms. The standard InChI is InChI=1S/C15H22FN.C14H17NOS/c1-2-13-7-10-17(11-8-13)12-9-14-3-5-15(16)6-4-14;1-3-4-11-5-6-12(9-10(11)2)13(16)14-15-7-8-17-14/h3-6,13H,2,7-12H2,1H3;5-9,13,16H,3-4H2,1-2H3. The maximum Gasteiger partial charge on any atom is 0.131 e.